The van der Waals surface area contributed by atoms with Gasteiger partial charge >= 0.3 is 16.2 Å². The first-order valence-corrected chi connectivity index (χ1v) is 17.1. The summed E-state index contributed by atoms with van der Waals surface area (Å²) in [7, 11) is -4.82. The Morgan fingerprint density at radius 2 is 1.89 bits per heavy atom. The highest BCUT2D eigenvalue weighted by atomic mass is 32.2. The Morgan fingerprint density at radius 3 is 2.50 bits per heavy atom. The number of hydrogen-bond acceptors (Lipinski definition) is 8. The molecule has 4 amide bonds. The number of benzene rings is 1. The Bertz CT molecular complexity index is 1570. The van der Waals surface area contributed by atoms with Crippen LogP contribution in [-0.2, 0) is 19.8 Å². The van der Waals surface area contributed by atoms with Crippen LogP contribution in [0.2, 0.25) is 0 Å². The van der Waals surface area contributed by atoms with Crippen molar-refractivity contribution in [2.24, 2.45) is 5.73 Å². The monoisotopic (exact) mass is 651 g/mol. The van der Waals surface area contributed by atoms with Crippen LogP contribution in [0.15, 0.2) is 18.2 Å². The molecule has 6 N–H and O–H groups in total. The average Bonchev–Trinajstić information content (AvgIpc) is 3.40. The van der Waals surface area contributed by atoms with Crippen molar-refractivity contribution in [2.45, 2.75) is 40.2 Å². The van der Waals surface area contributed by atoms with Crippen molar-refractivity contribution in [3.05, 3.63) is 52.1 Å². The number of rotatable bonds is 14. The van der Waals surface area contributed by atoms with Crippen molar-refractivity contribution >= 4 is 59.5 Å². The lowest BCUT2D eigenvalue weighted by atomic mass is 10.0. The van der Waals surface area contributed by atoms with E-state index in [1.807, 2.05) is 13.8 Å². The van der Waals surface area contributed by atoms with Gasteiger partial charge in [-0.25, -0.2) is 18.8 Å². The fourth-order valence-corrected chi connectivity index (χ4v) is 6.58. The lowest BCUT2D eigenvalue weighted by Crippen LogP contribution is -2.52. The minimum atomic E-state index is -4.60. The number of nitrogens with one attached hydrogen (secondary N) is 4. The number of aromatic amines is 1. The van der Waals surface area contributed by atoms with Crippen molar-refractivity contribution < 1.29 is 32.0 Å². The van der Waals surface area contributed by atoms with Gasteiger partial charge in [-0.3, -0.25) is 14.4 Å². The third kappa shape index (κ3) is 7.96. The quantitative estimate of drug-likeness (QED) is 0.151. The maximum atomic E-state index is 14.3. The first-order valence-electron chi connectivity index (χ1n) is 14.1. The van der Waals surface area contributed by atoms with Gasteiger partial charge in [-0.05, 0) is 76.4 Å². The van der Waals surface area contributed by atoms with E-state index in [-0.39, 0.29) is 44.3 Å². The molecule has 1 aromatic carbocycles. The van der Waals surface area contributed by atoms with Gasteiger partial charge in [0.1, 0.15) is 5.82 Å². The molecule has 0 bridgehead atoms. The molecule has 1 aromatic heterocycles. The normalized spacial score (nSPS) is 15.0. The molecule has 44 heavy (non-hydrogen) atoms. The number of amides is 4. The van der Waals surface area contributed by atoms with Crippen LogP contribution in [-0.4, -0.2) is 87.1 Å². The van der Waals surface area contributed by atoms with Gasteiger partial charge < -0.3 is 20.9 Å². The van der Waals surface area contributed by atoms with Crippen molar-refractivity contribution in [1.29, 1.82) is 0 Å². The van der Waals surface area contributed by atoms with Crippen LogP contribution >= 0.6 is 8.58 Å². The minimum Gasteiger partial charge on any atom is -0.358 e. The number of likely N-dealkylation sites (N-methyl/N-ethyl adjacent to an activating group) is 1. The number of halogens is 1. The highest BCUT2D eigenvalue weighted by Gasteiger charge is 2.39. The molecule has 240 valence electrons. The Hall–Kier alpha value is -3.49. The number of carbonyl (C=O) groups excluding carboxylic acids is 4. The molecule has 0 fully saturated rings. The maximum absolute atomic E-state index is 14.3. The van der Waals surface area contributed by atoms with E-state index in [2.05, 4.69) is 19.9 Å². The third-order valence-electron chi connectivity index (χ3n) is 7.26. The van der Waals surface area contributed by atoms with Gasteiger partial charge in [-0.2, -0.15) is 13.1 Å². The summed E-state index contributed by atoms with van der Waals surface area (Å²) in [5, 5.41) is 2.90. The summed E-state index contributed by atoms with van der Waals surface area (Å²) in [6.45, 7) is 11.9. The summed E-state index contributed by atoms with van der Waals surface area (Å²) in [6.07, 6.45) is 1.41. The van der Waals surface area contributed by atoms with Crippen molar-refractivity contribution in [3.63, 3.8) is 0 Å². The van der Waals surface area contributed by atoms with Crippen molar-refractivity contribution in [3.8, 4) is 0 Å². The molecule has 0 radical (unpaired) electrons. The molecule has 0 aliphatic carbocycles. The Balaban J connectivity index is 1.91. The standard InChI is InChI=1S/C28H39FN7O6PS/c1-6-35(7-2)13-12-31-25(37)24-16(3)22(32-17(24)4)15-20-19-14-18(29)8-9-23(19)36(26(20)38)28(40)34-44(41,42)33-21(10-11-30)27(39)43-5/h8-9,14-15,21,32-33,43H,6-7,10-13,30H2,1-5H3,(H,31,37)(H,34,40)/b20-15-. The van der Waals surface area contributed by atoms with Crippen LogP contribution in [0, 0.1) is 19.7 Å². The summed E-state index contributed by atoms with van der Waals surface area (Å²) >= 11 is 0. The number of carbonyl (C=O) groups is 4. The van der Waals surface area contributed by atoms with Crippen LogP contribution < -0.4 is 25.4 Å². The number of aryl methyl sites for hydroxylation is 1. The number of aromatic nitrogens is 1. The topological polar surface area (TPSA) is 187 Å². The van der Waals surface area contributed by atoms with Crippen LogP contribution in [0.1, 0.15) is 53.1 Å². The van der Waals surface area contributed by atoms with Gasteiger partial charge in [0.25, 0.3) is 11.8 Å². The van der Waals surface area contributed by atoms with Gasteiger partial charge in [-0.1, -0.05) is 22.4 Å². The van der Waals surface area contributed by atoms with E-state index >= 15 is 0 Å². The third-order valence-corrected chi connectivity index (χ3v) is 9.14. The van der Waals surface area contributed by atoms with Crippen molar-refractivity contribution in [1.82, 2.24) is 24.6 Å². The molecule has 2 aromatic rings. The van der Waals surface area contributed by atoms with E-state index in [9.17, 15) is 32.0 Å². The van der Waals surface area contributed by atoms with Gasteiger partial charge in [0, 0.05) is 30.0 Å². The fraction of sp³-hybridized carbons (Fsp3) is 0.429. The average molecular weight is 652 g/mol. The van der Waals surface area contributed by atoms with E-state index in [4.69, 9.17) is 5.73 Å². The molecule has 2 atom stereocenters. The predicted octanol–water partition coefficient (Wildman–Crippen LogP) is 1.83. The molecule has 16 heteroatoms. The van der Waals surface area contributed by atoms with Crippen LogP contribution in [0.25, 0.3) is 11.6 Å². The highest BCUT2D eigenvalue weighted by molar-refractivity contribution is 7.88. The zero-order valence-electron chi connectivity index (χ0n) is 25.3. The van der Waals surface area contributed by atoms with E-state index in [0.29, 0.717) is 40.5 Å². The Labute approximate surface area is 258 Å². The molecule has 2 unspecified atom stereocenters. The number of urea groups is 1. The molecule has 0 saturated heterocycles. The van der Waals surface area contributed by atoms with Gasteiger partial charge in [0.2, 0.25) is 0 Å². The number of H-pyrrole nitrogens is 1. The van der Waals surface area contributed by atoms with Gasteiger partial charge in [0.15, 0.2) is 5.52 Å². The number of imide groups is 1. The van der Waals surface area contributed by atoms with Gasteiger partial charge in [0.05, 0.1) is 22.9 Å². The molecule has 13 nitrogen and oxygen atoms in total. The molecular formula is C28H39FN7O6PS. The molecule has 1 aliphatic heterocycles. The summed E-state index contributed by atoms with van der Waals surface area (Å²) in [6, 6.07) is 0.796. The molecule has 3 rings (SSSR count). The number of hydrogen-bond donors (Lipinski definition) is 5. The number of fused-ring (bicyclic) bond motifs is 1. The SMILES string of the molecule is CCN(CC)CCNC(=O)c1c(C)[nH]c(/C=C2\C(=O)N(C(=O)NS(=O)(=O)NC(CCN)C(=O)PC)c3ccc(F)cc32)c1C. The zero-order chi connectivity index (χ0) is 32.8. The maximum Gasteiger partial charge on any atom is 0.343 e. The lowest BCUT2D eigenvalue weighted by Gasteiger charge is -2.19. The minimum absolute atomic E-state index is 0.0112. The first kappa shape index (κ1) is 35.0. The number of anilines is 1. The summed E-state index contributed by atoms with van der Waals surface area (Å²) in [4.78, 5) is 57.8. The van der Waals surface area contributed by atoms with E-state index < -0.39 is 39.5 Å². The molecular weight excluding hydrogens is 612 g/mol. The van der Waals surface area contributed by atoms with Crippen LogP contribution in [0.3, 0.4) is 0 Å². The van der Waals surface area contributed by atoms with Crippen LogP contribution in [0.5, 0.6) is 0 Å². The summed E-state index contributed by atoms with van der Waals surface area (Å²) < 4.78 is 43.7. The van der Waals surface area contributed by atoms with Gasteiger partial charge in [-0.15, -0.1) is 0 Å². The van der Waals surface area contributed by atoms with Crippen LogP contribution in [0.4, 0.5) is 14.9 Å². The second-order valence-corrected chi connectivity index (χ2v) is 12.5. The molecule has 0 spiro atoms. The molecule has 0 saturated carbocycles. The second-order valence-electron chi connectivity index (χ2n) is 10.1. The van der Waals surface area contributed by atoms with E-state index in [1.54, 1.807) is 25.2 Å². The van der Waals surface area contributed by atoms with E-state index in [1.165, 1.54) is 12.1 Å². The zero-order valence-corrected chi connectivity index (χ0v) is 27.2. The molecule has 1 aliphatic rings. The first-order chi connectivity index (χ1) is 20.8. The fourth-order valence-electron chi connectivity index (χ4n) is 4.93. The lowest BCUT2D eigenvalue weighted by molar-refractivity contribution is -0.113. The summed E-state index contributed by atoms with van der Waals surface area (Å²) in [5.74, 6) is -1.90. The van der Waals surface area contributed by atoms with Crippen molar-refractivity contribution in [2.75, 3.05) is 44.3 Å². The Kier molecular flexibility index (Phi) is 11.9. The largest absolute Gasteiger partial charge is 0.358 e. The van der Waals surface area contributed by atoms with E-state index in [0.717, 1.165) is 25.2 Å². The number of nitrogens with zero attached hydrogens (tertiary/aromatic N) is 2. The Morgan fingerprint density at radius 1 is 1.20 bits per heavy atom. The smallest absolute Gasteiger partial charge is 0.343 e. The second kappa shape index (κ2) is 15.0. The number of nitrogens with two attached hydrogens (primary N) is 1. The summed E-state index contributed by atoms with van der Waals surface area (Å²) in [5.41, 5.74) is 6.86. The predicted molar refractivity (Wildman–Crippen MR) is 169 cm³/mol. The molecule has 2 heterocycles. The highest BCUT2D eigenvalue weighted by Crippen LogP contribution is 2.39.